The first kappa shape index (κ1) is 9.60. The van der Waals surface area contributed by atoms with E-state index in [2.05, 4.69) is 4.98 Å². The van der Waals surface area contributed by atoms with Crippen molar-refractivity contribution in [2.24, 2.45) is 0 Å². The van der Waals surface area contributed by atoms with Crippen molar-refractivity contribution in [3.05, 3.63) is 28.8 Å². The number of hydrogen-bond acceptors (Lipinski definition) is 4. The smallest absolute Gasteiger partial charge is 0.345 e. The van der Waals surface area contributed by atoms with Crippen molar-refractivity contribution in [3.63, 3.8) is 0 Å². The summed E-state index contributed by atoms with van der Waals surface area (Å²) in [6.45, 7) is 0. The van der Waals surface area contributed by atoms with Crippen LogP contribution in [0.1, 0.15) is 20.0 Å². The first-order chi connectivity index (χ1) is 7.09. The highest BCUT2D eigenvalue weighted by molar-refractivity contribution is 7.20. The minimum absolute atomic E-state index is 0.0729. The van der Waals surface area contributed by atoms with E-state index in [0.717, 1.165) is 11.3 Å². The van der Waals surface area contributed by atoms with Crippen LogP contribution in [0.5, 0.6) is 0 Å². The van der Waals surface area contributed by atoms with Crippen LogP contribution < -0.4 is 0 Å². The summed E-state index contributed by atoms with van der Waals surface area (Å²) in [7, 11) is 0. The van der Waals surface area contributed by atoms with E-state index < -0.39 is 11.9 Å². The van der Waals surface area contributed by atoms with Gasteiger partial charge in [0, 0.05) is 11.6 Å². The molecule has 0 aliphatic carbocycles. The summed E-state index contributed by atoms with van der Waals surface area (Å²) in [6.07, 6.45) is 1.36. The molecule has 0 saturated carbocycles. The van der Waals surface area contributed by atoms with Crippen LogP contribution in [-0.2, 0) is 0 Å². The third-order valence-electron chi connectivity index (χ3n) is 1.88. The topological polar surface area (TPSA) is 87.5 Å². The van der Waals surface area contributed by atoms with Crippen LogP contribution in [-0.4, -0.2) is 27.1 Å². The molecule has 0 radical (unpaired) electrons. The molecule has 0 atom stereocenters. The molecule has 0 saturated heterocycles. The van der Waals surface area contributed by atoms with Gasteiger partial charge in [0.05, 0.1) is 5.56 Å². The van der Waals surface area contributed by atoms with Crippen LogP contribution in [0.2, 0.25) is 0 Å². The predicted octanol–water partition coefficient (Wildman–Crippen LogP) is 1.69. The third-order valence-corrected chi connectivity index (χ3v) is 2.91. The lowest BCUT2D eigenvalue weighted by Crippen LogP contribution is -1.96. The average molecular weight is 223 g/mol. The molecule has 2 heterocycles. The highest BCUT2D eigenvalue weighted by Gasteiger charge is 2.14. The number of pyridine rings is 1. The molecule has 0 aromatic carbocycles. The highest BCUT2D eigenvalue weighted by atomic mass is 32.1. The molecule has 2 rings (SSSR count). The molecule has 0 spiro atoms. The van der Waals surface area contributed by atoms with Gasteiger partial charge in [0.25, 0.3) is 0 Å². The first-order valence-corrected chi connectivity index (χ1v) is 4.76. The van der Waals surface area contributed by atoms with Gasteiger partial charge in [0.1, 0.15) is 9.71 Å². The molecule has 0 bridgehead atoms. The molecule has 6 heteroatoms. The quantitative estimate of drug-likeness (QED) is 0.808. The van der Waals surface area contributed by atoms with Crippen LogP contribution in [0.15, 0.2) is 18.3 Å². The van der Waals surface area contributed by atoms with Crippen molar-refractivity contribution in [2.45, 2.75) is 0 Å². The van der Waals surface area contributed by atoms with Crippen molar-refractivity contribution in [1.82, 2.24) is 4.98 Å². The number of carbonyl (C=O) groups is 2. The zero-order chi connectivity index (χ0) is 11.0. The zero-order valence-corrected chi connectivity index (χ0v) is 8.11. The SMILES string of the molecule is O=C(O)c1cc2c(C(=O)O)ccnc2s1. The molecule has 0 unspecified atom stereocenters. The molecular formula is C9H5NO4S. The maximum absolute atomic E-state index is 10.8. The molecule has 0 aliphatic heterocycles. The van der Waals surface area contributed by atoms with Gasteiger partial charge in [-0.05, 0) is 12.1 Å². The fraction of sp³-hybridized carbons (Fsp3) is 0. The Balaban J connectivity index is 2.75. The van der Waals surface area contributed by atoms with E-state index in [1.165, 1.54) is 18.3 Å². The summed E-state index contributed by atoms with van der Waals surface area (Å²) >= 11 is 0.963. The Kier molecular flexibility index (Phi) is 2.12. The summed E-state index contributed by atoms with van der Waals surface area (Å²) < 4.78 is 0. The van der Waals surface area contributed by atoms with Crippen LogP contribution in [0.4, 0.5) is 0 Å². The second-order valence-corrected chi connectivity index (χ2v) is 3.83. The standard InChI is InChI=1S/C9H5NO4S/c11-8(12)4-1-2-10-7-5(4)3-6(15-7)9(13)14/h1-3H,(H,11,12)(H,13,14). The third kappa shape index (κ3) is 1.55. The van der Waals surface area contributed by atoms with Crippen LogP contribution in [0.25, 0.3) is 10.2 Å². The molecule has 15 heavy (non-hydrogen) atoms. The zero-order valence-electron chi connectivity index (χ0n) is 7.30. The molecular weight excluding hydrogens is 218 g/mol. The van der Waals surface area contributed by atoms with Gasteiger partial charge in [-0.15, -0.1) is 11.3 Å². The molecule has 76 valence electrons. The van der Waals surface area contributed by atoms with Crippen LogP contribution >= 0.6 is 11.3 Å². The normalized spacial score (nSPS) is 10.4. The summed E-state index contributed by atoms with van der Waals surface area (Å²) in [5, 5.41) is 18.0. The predicted molar refractivity (Wildman–Crippen MR) is 53.5 cm³/mol. The molecule has 5 nitrogen and oxygen atoms in total. The fourth-order valence-corrected chi connectivity index (χ4v) is 2.10. The minimum atomic E-state index is -1.09. The van der Waals surface area contributed by atoms with E-state index in [4.69, 9.17) is 10.2 Å². The van der Waals surface area contributed by atoms with E-state index in [-0.39, 0.29) is 10.4 Å². The molecule has 0 aliphatic rings. The summed E-state index contributed by atoms with van der Waals surface area (Å²) in [4.78, 5) is 25.9. The van der Waals surface area contributed by atoms with E-state index in [1.54, 1.807) is 0 Å². The maximum Gasteiger partial charge on any atom is 0.345 e. The average Bonchev–Trinajstić information content (AvgIpc) is 2.60. The minimum Gasteiger partial charge on any atom is -0.478 e. The number of aromatic carboxylic acids is 2. The molecule has 0 fully saturated rings. The first-order valence-electron chi connectivity index (χ1n) is 3.94. The van der Waals surface area contributed by atoms with E-state index in [0.29, 0.717) is 10.2 Å². The number of rotatable bonds is 2. The molecule has 2 aromatic heterocycles. The summed E-state index contributed by atoms with van der Waals surface area (Å²) in [5.74, 6) is -2.16. The Labute approximate surface area is 87.6 Å². The number of aromatic nitrogens is 1. The number of carboxylic acid groups (broad SMARTS) is 2. The Morgan fingerprint density at radius 2 is 2.00 bits per heavy atom. The van der Waals surface area contributed by atoms with Gasteiger partial charge in [-0.3, -0.25) is 0 Å². The Morgan fingerprint density at radius 3 is 2.60 bits per heavy atom. The molecule has 2 aromatic rings. The Bertz CT molecular complexity index is 560. The second kappa shape index (κ2) is 3.32. The highest BCUT2D eigenvalue weighted by Crippen LogP contribution is 2.26. The number of hydrogen-bond donors (Lipinski definition) is 2. The number of nitrogens with zero attached hydrogens (tertiary/aromatic N) is 1. The van der Waals surface area contributed by atoms with Crippen molar-refractivity contribution >= 4 is 33.5 Å². The van der Waals surface area contributed by atoms with E-state index in [9.17, 15) is 9.59 Å². The van der Waals surface area contributed by atoms with Gasteiger partial charge in [0.2, 0.25) is 0 Å². The van der Waals surface area contributed by atoms with Crippen LogP contribution in [0, 0.1) is 0 Å². The summed E-state index contributed by atoms with van der Waals surface area (Å²) in [5.41, 5.74) is 0.0729. The van der Waals surface area contributed by atoms with Crippen molar-refractivity contribution < 1.29 is 19.8 Å². The Hall–Kier alpha value is -1.95. The lowest BCUT2D eigenvalue weighted by Gasteiger charge is -1.93. The largest absolute Gasteiger partial charge is 0.478 e. The lowest BCUT2D eigenvalue weighted by atomic mass is 10.2. The van der Waals surface area contributed by atoms with Gasteiger partial charge in [-0.2, -0.15) is 0 Å². The summed E-state index contributed by atoms with van der Waals surface area (Å²) in [6, 6.07) is 2.68. The van der Waals surface area contributed by atoms with E-state index in [1.807, 2.05) is 0 Å². The van der Waals surface area contributed by atoms with E-state index >= 15 is 0 Å². The molecule has 2 N–H and O–H groups in total. The van der Waals surface area contributed by atoms with Crippen molar-refractivity contribution in [3.8, 4) is 0 Å². The lowest BCUT2D eigenvalue weighted by molar-refractivity contribution is 0.0688. The van der Waals surface area contributed by atoms with Crippen molar-refractivity contribution in [1.29, 1.82) is 0 Å². The monoisotopic (exact) mass is 223 g/mol. The number of thiophene rings is 1. The Morgan fingerprint density at radius 1 is 1.27 bits per heavy atom. The van der Waals surface area contributed by atoms with Gasteiger partial charge in [0.15, 0.2) is 0 Å². The van der Waals surface area contributed by atoms with Gasteiger partial charge in [-0.1, -0.05) is 0 Å². The fourth-order valence-electron chi connectivity index (χ4n) is 1.23. The van der Waals surface area contributed by atoms with Crippen LogP contribution in [0.3, 0.4) is 0 Å². The molecule has 0 amide bonds. The maximum atomic E-state index is 10.8. The van der Waals surface area contributed by atoms with Gasteiger partial charge >= 0.3 is 11.9 Å². The van der Waals surface area contributed by atoms with Gasteiger partial charge < -0.3 is 10.2 Å². The second-order valence-electron chi connectivity index (χ2n) is 2.80. The number of carboxylic acids is 2. The number of fused-ring (bicyclic) bond motifs is 1. The van der Waals surface area contributed by atoms with Gasteiger partial charge in [-0.25, -0.2) is 14.6 Å². The van der Waals surface area contributed by atoms with Crippen molar-refractivity contribution in [2.75, 3.05) is 0 Å².